The number of benzene rings is 1. The summed E-state index contributed by atoms with van der Waals surface area (Å²) in [7, 11) is 0. The number of nitrogens with zero attached hydrogens (tertiary/aromatic N) is 1. The van der Waals surface area contributed by atoms with E-state index >= 15 is 0 Å². The summed E-state index contributed by atoms with van der Waals surface area (Å²) < 4.78 is 5.26. The third kappa shape index (κ3) is 2.90. The van der Waals surface area contributed by atoms with Crippen molar-refractivity contribution >= 4 is 5.91 Å². The van der Waals surface area contributed by atoms with Crippen molar-refractivity contribution in [3.63, 3.8) is 0 Å². The standard InChI is InChI=1S/C17H21N3O2/c1-11-8-9-18-10-14(11)19-17(21)15-12(2)22-20-16(15)13-6-4-3-5-7-13/h3-7,11,14,18H,8-10H2,1-2H3,(H,19,21). The summed E-state index contributed by atoms with van der Waals surface area (Å²) >= 11 is 0. The molecule has 2 N–H and O–H groups in total. The average molecular weight is 299 g/mol. The summed E-state index contributed by atoms with van der Waals surface area (Å²) in [6.07, 6.45) is 1.07. The van der Waals surface area contributed by atoms with Crippen LogP contribution in [0.25, 0.3) is 11.3 Å². The van der Waals surface area contributed by atoms with Crippen LogP contribution in [0, 0.1) is 12.8 Å². The van der Waals surface area contributed by atoms with Crippen LogP contribution in [0.1, 0.15) is 29.5 Å². The molecule has 2 unspecified atom stereocenters. The number of hydrogen-bond acceptors (Lipinski definition) is 4. The Kier molecular flexibility index (Phi) is 4.24. The minimum absolute atomic E-state index is 0.113. The fourth-order valence-corrected chi connectivity index (χ4v) is 2.86. The smallest absolute Gasteiger partial charge is 0.257 e. The van der Waals surface area contributed by atoms with Crippen molar-refractivity contribution in [2.24, 2.45) is 5.92 Å². The molecule has 5 heteroatoms. The largest absolute Gasteiger partial charge is 0.360 e. The van der Waals surface area contributed by atoms with Gasteiger partial charge in [-0.2, -0.15) is 0 Å². The number of piperidine rings is 1. The van der Waals surface area contributed by atoms with Crippen LogP contribution in [0.3, 0.4) is 0 Å². The minimum Gasteiger partial charge on any atom is -0.360 e. The Morgan fingerprint density at radius 2 is 2.14 bits per heavy atom. The summed E-state index contributed by atoms with van der Waals surface area (Å²) in [5.41, 5.74) is 2.02. The molecular formula is C17H21N3O2. The number of aryl methyl sites for hydroxylation is 1. The molecule has 3 rings (SSSR count). The predicted molar refractivity (Wildman–Crippen MR) is 84.6 cm³/mol. The second kappa shape index (κ2) is 6.32. The predicted octanol–water partition coefficient (Wildman–Crippen LogP) is 2.38. The molecule has 0 radical (unpaired) electrons. The lowest BCUT2D eigenvalue weighted by Gasteiger charge is -2.30. The molecule has 1 aromatic carbocycles. The summed E-state index contributed by atoms with van der Waals surface area (Å²) in [4.78, 5) is 12.7. The molecule has 1 aromatic heterocycles. The molecule has 116 valence electrons. The number of hydrogen-bond donors (Lipinski definition) is 2. The van der Waals surface area contributed by atoms with Gasteiger partial charge in [0.1, 0.15) is 17.0 Å². The fourth-order valence-electron chi connectivity index (χ4n) is 2.86. The molecule has 0 aliphatic carbocycles. The van der Waals surface area contributed by atoms with E-state index in [0.717, 1.165) is 25.1 Å². The van der Waals surface area contributed by atoms with Gasteiger partial charge in [0.2, 0.25) is 0 Å². The third-order valence-electron chi connectivity index (χ3n) is 4.28. The minimum atomic E-state index is -0.113. The molecule has 1 amide bonds. The molecular weight excluding hydrogens is 278 g/mol. The molecule has 2 heterocycles. The van der Waals surface area contributed by atoms with Crippen LogP contribution in [0.5, 0.6) is 0 Å². The van der Waals surface area contributed by atoms with Gasteiger partial charge < -0.3 is 15.2 Å². The Balaban J connectivity index is 1.85. The highest BCUT2D eigenvalue weighted by Crippen LogP contribution is 2.25. The van der Waals surface area contributed by atoms with Crippen molar-refractivity contribution in [1.29, 1.82) is 0 Å². The van der Waals surface area contributed by atoms with Crippen LogP contribution in [-0.2, 0) is 0 Å². The maximum absolute atomic E-state index is 12.7. The first kappa shape index (κ1) is 14.8. The number of amides is 1. The van der Waals surface area contributed by atoms with Crippen molar-refractivity contribution in [1.82, 2.24) is 15.8 Å². The highest BCUT2D eigenvalue weighted by molar-refractivity contribution is 6.00. The lowest BCUT2D eigenvalue weighted by Crippen LogP contribution is -2.50. The monoisotopic (exact) mass is 299 g/mol. The molecule has 0 bridgehead atoms. The van der Waals surface area contributed by atoms with Crippen molar-refractivity contribution < 1.29 is 9.32 Å². The van der Waals surface area contributed by atoms with Gasteiger partial charge in [0.05, 0.1) is 0 Å². The summed E-state index contributed by atoms with van der Waals surface area (Å²) in [6, 6.07) is 9.78. The normalized spacial score (nSPS) is 21.5. The number of carbonyl (C=O) groups excluding carboxylic acids is 1. The number of carbonyl (C=O) groups is 1. The van der Waals surface area contributed by atoms with Crippen LogP contribution < -0.4 is 10.6 Å². The van der Waals surface area contributed by atoms with E-state index in [9.17, 15) is 4.79 Å². The van der Waals surface area contributed by atoms with Gasteiger partial charge in [-0.3, -0.25) is 4.79 Å². The highest BCUT2D eigenvalue weighted by Gasteiger charge is 2.27. The van der Waals surface area contributed by atoms with E-state index in [1.54, 1.807) is 6.92 Å². The fraction of sp³-hybridized carbons (Fsp3) is 0.412. The number of rotatable bonds is 3. The van der Waals surface area contributed by atoms with Crippen LogP contribution >= 0.6 is 0 Å². The topological polar surface area (TPSA) is 67.2 Å². The molecule has 5 nitrogen and oxygen atoms in total. The van der Waals surface area contributed by atoms with E-state index in [2.05, 4.69) is 22.7 Å². The van der Waals surface area contributed by atoms with Crippen LogP contribution in [0.15, 0.2) is 34.9 Å². The molecule has 1 fully saturated rings. The van der Waals surface area contributed by atoms with E-state index in [0.29, 0.717) is 22.9 Å². The molecule has 2 atom stereocenters. The lowest BCUT2D eigenvalue weighted by atomic mass is 9.94. The van der Waals surface area contributed by atoms with Gasteiger partial charge in [0.15, 0.2) is 0 Å². The second-order valence-electron chi connectivity index (χ2n) is 5.88. The molecule has 22 heavy (non-hydrogen) atoms. The first-order chi connectivity index (χ1) is 10.7. The molecule has 1 aliphatic rings. The van der Waals surface area contributed by atoms with Crippen molar-refractivity contribution in [2.45, 2.75) is 26.3 Å². The maximum Gasteiger partial charge on any atom is 0.257 e. The van der Waals surface area contributed by atoms with Gasteiger partial charge in [-0.15, -0.1) is 0 Å². The van der Waals surface area contributed by atoms with E-state index < -0.39 is 0 Å². The number of aromatic nitrogens is 1. The molecule has 2 aromatic rings. The van der Waals surface area contributed by atoms with Gasteiger partial charge in [-0.1, -0.05) is 42.4 Å². The summed E-state index contributed by atoms with van der Waals surface area (Å²) in [5, 5.41) is 10.5. The highest BCUT2D eigenvalue weighted by atomic mass is 16.5. The first-order valence-electron chi connectivity index (χ1n) is 7.70. The lowest BCUT2D eigenvalue weighted by molar-refractivity contribution is 0.0914. The Bertz CT molecular complexity index is 651. The third-order valence-corrected chi connectivity index (χ3v) is 4.28. The zero-order valence-electron chi connectivity index (χ0n) is 12.9. The van der Waals surface area contributed by atoms with Crippen LogP contribution in [0.4, 0.5) is 0 Å². The zero-order chi connectivity index (χ0) is 15.5. The Morgan fingerprint density at radius 1 is 1.36 bits per heavy atom. The van der Waals surface area contributed by atoms with Gasteiger partial charge in [-0.25, -0.2) is 0 Å². The van der Waals surface area contributed by atoms with Gasteiger partial charge in [0.25, 0.3) is 5.91 Å². The average Bonchev–Trinajstić information content (AvgIpc) is 2.92. The second-order valence-corrected chi connectivity index (χ2v) is 5.88. The molecule has 0 saturated carbocycles. The zero-order valence-corrected chi connectivity index (χ0v) is 12.9. The van der Waals surface area contributed by atoms with Gasteiger partial charge in [-0.05, 0) is 25.8 Å². The van der Waals surface area contributed by atoms with Gasteiger partial charge in [0, 0.05) is 18.2 Å². The van der Waals surface area contributed by atoms with E-state index in [4.69, 9.17) is 4.52 Å². The molecule has 1 saturated heterocycles. The summed E-state index contributed by atoms with van der Waals surface area (Å²) in [6.45, 7) is 5.76. The van der Waals surface area contributed by atoms with Crippen molar-refractivity contribution in [2.75, 3.05) is 13.1 Å². The maximum atomic E-state index is 12.7. The van der Waals surface area contributed by atoms with E-state index in [1.807, 2.05) is 30.3 Å². The molecule has 0 spiro atoms. The van der Waals surface area contributed by atoms with Crippen molar-refractivity contribution in [3.8, 4) is 11.3 Å². The van der Waals surface area contributed by atoms with E-state index in [1.165, 1.54) is 0 Å². The van der Waals surface area contributed by atoms with Crippen LogP contribution in [-0.4, -0.2) is 30.2 Å². The quantitative estimate of drug-likeness (QED) is 0.913. The van der Waals surface area contributed by atoms with Crippen molar-refractivity contribution in [3.05, 3.63) is 41.7 Å². The number of nitrogens with one attached hydrogen (secondary N) is 2. The summed E-state index contributed by atoms with van der Waals surface area (Å²) in [5.74, 6) is 0.900. The Morgan fingerprint density at radius 3 is 2.86 bits per heavy atom. The Labute approximate surface area is 130 Å². The SMILES string of the molecule is Cc1onc(-c2ccccc2)c1C(=O)NC1CNCCC1C. The first-order valence-corrected chi connectivity index (χ1v) is 7.70. The Hall–Kier alpha value is -2.14. The van der Waals surface area contributed by atoms with Gasteiger partial charge >= 0.3 is 0 Å². The van der Waals surface area contributed by atoms with Crippen LogP contribution in [0.2, 0.25) is 0 Å². The molecule has 1 aliphatic heterocycles. The van der Waals surface area contributed by atoms with E-state index in [-0.39, 0.29) is 11.9 Å².